The molecular weight excluding hydrogens is 504 g/mol. The summed E-state index contributed by atoms with van der Waals surface area (Å²) in [6.07, 6.45) is 10.7. The Hall–Kier alpha value is -3.97. The van der Waals surface area contributed by atoms with Gasteiger partial charge in [0.05, 0.1) is 23.3 Å². The van der Waals surface area contributed by atoms with Crippen molar-refractivity contribution in [3.05, 3.63) is 94.2 Å². The molecule has 6 heteroatoms. The van der Waals surface area contributed by atoms with E-state index >= 15 is 0 Å². The lowest BCUT2D eigenvalue weighted by Crippen LogP contribution is -2.43. The van der Waals surface area contributed by atoms with Gasteiger partial charge >= 0.3 is 0 Å². The molecule has 0 aliphatic carbocycles. The Labute approximate surface area is 247 Å². The number of nitrogens with zero attached hydrogens (tertiary/aromatic N) is 5. The van der Waals surface area contributed by atoms with Gasteiger partial charge in [0, 0.05) is 50.2 Å². The maximum atomic E-state index is 9.33. The van der Waals surface area contributed by atoms with Gasteiger partial charge in [-0.3, -0.25) is 4.90 Å². The van der Waals surface area contributed by atoms with E-state index < -0.39 is 0 Å². The number of nitriles is 2. The Morgan fingerprint density at radius 1 is 0.902 bits per heavy atom. The molecule has 0 spiro atoms. The maximum absolute atomic E-state index is 9.33. The van der Waals surface area contributed by atoms with Crippen molar-refractivity contribution in [1.82, 2.24) is 9.80 Å². The number of benzene rings is 2. The van der Waals surface area contributed by atoms with E-state index in [0.29, 0.717) is 22.6 Å². The zero-order valence-electron chi connectivity index (χ0n) is 25.4. The van der Waals surface area contributed by atoms with Crippen molar-refractivity contribution >= 4 is 17.1 Å². The van der Waals surface area contributed by atoms with Gasteiger partial charge in [-0.25, -0.2) is 4.99 Å². The Kier molecular flexibility index (Phi) is 12.6. The van der Waals surface area contributed by atoms with E-state index in [1.165, 1.54) is 22.3 Å². The first-order valence-electron chi connectivity index (χ1n) is 14.7. The number of amidine groups is 1. The van der Waals surface area contributed by atoms with Crippen LogP contribution in [0.25, 0.3) is 5.57 Å². The Morgan fingerprint density at radius 2 is 1.51 bits per heavy atom. The summed E-state index contributed by atoms with van der Waals surface area (Å²) in [5.41, 5.74) is 7.58. The van der Waals surface area contributed by atoms with Crippen LogP contribution in [-0.2, 0) is 6.54 Å². The molecule has 0 saturated carbocycles. The minimum absolute atomic E-state index is 0.440. The van der Waals surface area contributed by atoms with Gasteiger partial charge in [-0.2, -0.15) is 10.5 Å². The molecule has 1 heterocycles. The molecule has 0 aromatic heterocycles. The lowest BCUT2D eigenvalue weighted by atomic mass is 9.91. The van der Waals surface area contributed by atoms with Crippen LogP contribution < -0.4 is 5.32 Å². The molecule has 6 nitrogen and oxygen atoms in total. The van der Waals surface area contributed by atoms with Gasteiger partial charge in [0.2, 0.25) is 0 Å². The number of allylic oxidation sites excluding steroid dienone is 5. The van der Waals surface area contributed by atoms with Crippen LogP contribution >= 0.6 is 0 Å². The van der Waals surface area contributed by atoms with Crippen LogP contribution in [0.3, 0.4) is 0 Å². The number of rotatable bonds is 11. The van der Waals surface area contributed by atoms with Crippen LogP contribution in [-0.4, -0.2) is 48.9 Å². The van der Waals surface area contributed by atoms with Crippen LogP contribution in [0, 0.1) is 22.7 Å². The normalized spacial score (nSPS) is 15.9. The van der Waals surface area contributed by atoms with E-state index in [-0.39, 0.29) is 0 Å². The van der Waals surface area contributed by atoms with Crippen molar-refractivity contribution in [3.63, 3.8) is 0 Å². The summed E-state index contributed by atoms with van der Waals surface area (Å²) in [5.74, 6) is 0.683. The van der Waals surface area contributed by atoms with Crippen LogP contribution in [0.15, 0.2) is 77.0 Å². The Bertz CT molecular complexity index is 1320. The zero-order chi connectivity index (χ0) is 29.6. The number of unbranched alkanes of at least 4 members (excludes halogenated alkanes) is 2. The predicted octanol–water partition coefficient (Wildman–Crippen LogP) is 7.52. The Morgan fingerprint density at radius 3 is 2.10 bits per heavy atom. The van der Waals surface area contributed by atoms with Crippen molar-refractivity contribution in [3.8, 4) is 12.1 Å². The van der Waals surface area contributed by atoms with E-state index in [2.05, 4.69) is 91.5 Å². The second-order valence-corrected chi connectivity index (χ2v) is 10.8. The number of anilines is 1. The largest absolute Gasteiger partial charge is 0.344 e. The second kappa shape index (κ2) is 16.3. The van der Waals surface area contributed by atoms with Crippen LogP contribution in [0.1, 0.15) is 75.6 Å². The van der Waals surface area contributed by atoms with E-state index in [9.17, 15) is 10.5 Å². The monoisotopic (exact) mass is 548 g/mol. The van der Waals surface area contributed by atoms with Crippen molar-refractivity contribution < 1.29 is 0 Å². The smallest absolute Gasteiger partial charge is 0.103 e. The second-order valence-electron chi connectivity index (χ2n) is 10.8. The number of hydrogen-bond acceptors (Lipinski definition) is 5. The highest BCUT2D eigenvalue weighted by atomic mass is 15.2. The fourth-order valence-corrected chi connectivity index (χ4v) is 4.81. The molecule has 1 aliphatic rings. The van der Waals surface area contributed by atoms with E-state index in [1.807, 2.05) is 13.1 Å². The molecule has 3 rings (SSSR count). The fraction of sp³-hybridized carbons (Fsp3) is 0.400. The molecule has 1 aliphatic heterocycles. The summed E-state index contributed by atoms with van der Waals surface area (Å²) < 4.78 is 0. The predicted molar refractivity (Wildman–Crippen MR) is 171 cm³/mol. The SMILES string of the molecule is CCC\C=C(C(=C/N=C(C)Nc1cc(C#N)cc(C#N)c1)/C(C)=C/CCC)\c1ccc(CN2CCN(C)CC2)cc1. The average Bonchev–Trinajstić information content (AvgIpc) is 2.99. The Balaban J connectivity index is 1.92. The van der Waals surface area contributed by atoms with Gasteiger partial charge < -0.3 is 10.2 Å². The van der Waals surface area contributed by atoms with Gasteiger partial charge in [-0.05, 0) is 74.2 Å². The highest BCUT2D eigenvalue weighted by Gasteiger charge is 2.15. The average molecular weight is 549 g/mol. The van der Waals surface area contributed by atoms with Gasteiger partial charge in [-0.15, -0.1) is 0 Å². The molecule has 214 valence electrons. The van der Waals surface area contributed by atoms with Crippen LogP contribution in [0.4, 0.5) is 5.69 Å². The van der Waals surface area contributed by atoms with Crippen molar-refractivity contribution in [2.24, 2.45) is 4.99 Å². The molecule has 0 atom stereocenters. The summed E-state index contributed by atoms with van der Waals surface area (Å²) >= 11 is 0. The highest BCUT2D eigenvalue weighted by Crippen LogP contribution is 2.31. The minimum atomic E-state index is 0.440. The van der Waals surface area contributed by atoms with E-state index in [0.717, 1.165) is 64.0 Å². The summed E-state index contributed by atoms with van der Waals surface area (Å²) in [5, 5.41) is 21.9. The minimum Gasteiger partial charge on any atom is -0.344 e. The first-order valence-corrected chi connectivity index (χ1v) is 14.7. The number of aliphatic imine (C=N–C) groups is 1. The van der Waals surface area contributed by atoms with Crippen molar-refractivity contribution in [1.29, 1.82) is 10.5 Å². The van der Waals surface area contributed by atoms with Crippen molar-refractivity contribution in [2.45, 2.75) is 59.9 Å². The third-order valence-electron chi connectivity index (χ3n) is 7.26. The lowest BCUT2D eigenvalue weighted by Gasteiger charge is -2.32. The topological polar surface area (TPSA) is 78.4 Å². The van der Waals surface area contributed by atoms with Crippen LogP contribution in [0.5, 0.6) is 0 Å². The third-order valence-corrected chi connectivity index (χ3v) is 7.26. The lowest BCUT2D eigenvalue weighted by molar-refractivity contribution is 0.148. The molecule has 1 N–H and O–H groups in total. The number of likely N-dealkylation sites (N-methyl/N-ethyl adjacent to an activating group) is 1. The standard InChI is InChI=1S/C35H44N6/c1-6-8-10-27(3)35(25-38-28(4)39-33-21-30(23-36)20-31(22-33)24-37)34(11-9-7-2)32-14-12-29(13-15-32)26-41-18-16-40(5)17-19-41/h10-15,20-22,25H,6-9,16-19,26H2,1-5H3,(H,38,39)/b27-10+,34-11-,35-25+. The van der Waals surface area contributed by atoms with Crippen LogP contribution in [0.2, 0.25) is 0 Å². The molecule has 0 radical (unpaired) electrons. The zero-order valence-corrected chi connectivity index (χ0v) is 25.4. The molecule has 41 heavy (non-hydrogen) atoms. The molecule has 0 bridgehead atoms. The summed E-state index contributed by atoms with van der Waals surface area (Å²) in [6.45, 7) is 13.9. The molecule has 1 fully saturated rings. The summed E-state index contributed by atoms with van der Waals surface area (Å²) in [7, 11) is 2.19. The number of piperazine rings is 1. The first-order chi connectivity index (χ1) is 19.9. The molecule has 0 unspecified atom stereocenters. The van der Waals surface area contributed by atoms with Gasteiger partial charge in [-0.1, -0.05) is 63.1 Å². The molecule has 1 saturated heterocycles. The van der Waals surface area contributed by atoms with Gasteiger partial charge in [0.25, 0.3) is 0 Å². The quantitative estimate of drug-likeness (QED) is 0.178. The highest BCUT2D eigenvalue weighted by molar-refractivity contribution is 5.94. The molecular formula is C35H44N6. The van der Waals surface area contributed by atoms with E-state index in [1.54, 1.807) is 18.2 Å². The molecule has 0 amide bonds. The van der Waals surface area contributed by atoms with E-state index in [4.69, 9.17) is 4.99 Å². The van der Waals surface area contributed by atoms with Gasteiger partial charge in [0.1, 0.15) is 5.84 Å². The molecule has 2 aromatic carbocycles. The fourth-order valence-electron chi connectivity index (χ4n) is 4.81. The number of hydrogen-bond donors (Lipinski definition) is 1. The van der Waals surface area contributed by atoms with Crippen molar-refractivity contribution in [2.75, 3.05) is 38.5 Å². The summed E-state index contributed by atoms with van der Waals surface area (Å²) in [6, 6.07) is 18.3. The molecule has 2 aromatic rings. The third kappa shape index (κ3) is 9.87. The summed E-state index contributed by atoms with van der Waals surface area (Å²) in [4.78, 5) is 9.72. The maximum Gasteiger partial charge on any atom is 0.103 e. The van der Waals surface area contributed by atoms with Gasteiger partial charge in [0.15, 0.2) is 0 Å². The first kappa shape index (κ1) is 31.6. The number of nitrogens with one attached hydrogen (secondary N) is 1.